The first-order valence-electron chi connectivity index (χ1n) is 9.38. The molecule has 3 heteroatoms. The van der Waals surface area contributed by atoms with Crippen molar-refractivity contribution in [2.24, 2.45) is 5.41 Å². The van der Waals surface area contributed by atoms with Gasteiger partial charge in [-0.1, -0.05) is 25.0 Å². The highest BCUT2D eigenvalue weighted by Crippen LogP contribution is 2.41. The molecule has 2 fully saturated rings. The Hall–Kier alpha value is -0.830. The lowest BCUT2D eigenvalue weighted by atomic mass is 9.71. The number of hydrogen-bond acceptors (Lipinski definition) is 2. The van der Waals surface area contributed by atoms with E-state index in [1.807, 2.05) is 0 Å². The van der Waals surface area contributed by atoms with E-state index in [4.69, 9.17) is 0 Å². The Morgan fingerprint density at radius 1 is 1.00 bits per heavy atom. The van der Waals surface area contributed by atoms with Crippen LogP contribution in [0, 0.1) is 5.41 Å². The Labute approximate surface area is 135 Å². The van der Waals surface area contributed by atoms with Crippen LogP contribution in [-0.2, 0) is 4.79 Å². The van der Waals surface area contributed by atoms with Gasteiger partial charge in [-0.05, 0) is 63.8 Å². The summed E-state index contributed by atoms with van der Waals surface area (Å²) < 4.78 is 0. The average Bonchev–Trinajstić information content (AvgIpc) is 2.83. The van der Waals surface area contributed by atoms with Crippen molar-refractivity contribution in [2.75, 3.05) is 26.2 Å². The second kappa shape index (κ2) is 7.16. The molecule has 2 atom stereocenters. The van der Waals surface area contributed by atoms with Crippen molar-refractivity contribution in [3.05, 3.63) is 12.2 Å². The fourth-order valence-corrected chi connectivity index (χ4v) is 4.60. The smallest absolute Gasteiger partial charge is 0.239 e. The minimum atomic E-state index is 0.0705. The van der Waals surface area contributed by atoms with Crippen molar-refractivity contribution in [3.63, 3.8) is 0 Å². The highest BCUT2D eigenvalue weighted by atomic mass is 16.2. The Morgan fingerprint density at radius 2 is 1.77 bits per heavy atom. The molecule has 0 radical (unpaired) electrons. The first-order valence-corrected chi connectivity index (χ1v) is 9.38. The van der Waals surface area contributed by atoms with Crippen molar-refractivity contribution in [3.8, 4) is 0 Å². The van der Waals surface area contributed by atoms with E-state index in [1.165, 1.54) is 57.8 Å². The fraction of sp³-hybridized carbons (Fsp3) is 0.842. The number of piperidine rings is 1. The van der Waals surface area contributed by atoms with Gasteiger partial charge >= 0.3 is 0 Å². The van der Waals surface area contributed by atoms with E-state index in [1.54, 1.807) is 0 Å². The summed E-state index contributed by atoms with van der Waals surface area (Å²) in [5.74, 6) is 0.380. The van der Waals surface area contributed by atoms with Crippen LogP contribution in [0.4, 0.5) is 0 Å². The first-order chi connectivity index (χ1) is 10.7. The highest BCUT2D eigenvalue weighted by molar-refractivity contribution is 5.81. The molecule has 124 valence electrons. The fourth-order valence-electron chi connectivity index (χ4n) is 4.60. The molecule has 0 aromatic rings. The van der Waals surface area contributed by atoms with Gasteiger partial charge in [-0.2, -0.15) is 0 Å². The molecule has 3 aliphatic rings. The summed E-state index contributed by atoms with van der Waals surface area (Å²) in [5, 5.41) is 0. The third-order valence-corrected chi connectivity index (χ3v) is 6.07. The molecule has 0 N–H and O–H groups in total. The molecule has 22 heavy (non-hydrogen) atoms. The number of rotatable bonds is 2. The van der Waals surface area contributed by atoms with Crippen molar-refractivity contribution in [1.29, 1.82) is 0 Å². The van der Waals surface area contributed by atoms with Crippen molar-refractivity contribution < 1.29 is 4.79 Å². The molecule has 0 aromatic carbocycles. The Morgan fingerprint density at radius 3 is 2.45 bits per heavy atom. The zero-order valence-electron chi connectivity index (χ0n) is 14.2. The number of carbonyl (C=O) groups excluding carboxylic acids is 1. The van der Waals surface area contributed by atoms with Crippen LogP contribution in [0.3, 0.4) is 0 Å². The molecular weight excluding hydrogens is 272 g/mol. The molecule has 0 bridgehead atoms. The van der Waals surface area contributed by atoms with Crippen molar-refractivity contribution in [1.82, 2.24) is 9.80 Å². The maximum Gasteiger partial charge on any atom is 0.239 e. The summed E-state index contributed by atoms with van der Waals surface area (Å²) in [6, 6.07) is 0.0705. The lowest BCUT2D eigenvalue weighted by molar-refractivity contribution is -0.137. The van der Waals surface area contributed by atoms with E-state index in [0.29, 0.717) is 11.3 Å². The van der Waals surface area contributed by atoms with Crippen molar-refractivity contribution in [2.45, 2.75) is 70.8 Å². The molecule has 0 unspecified atom stereocenters. The number of amides is 1. The molecule has 0 aromatic heterocycles. The van der Waals surface area contributed by atoms with Gasteiger partial charge in [0.15, 0.2) is 0 Å². The third-order valence-electron chi connectivity index (χ3n) is 6.07. The van der Waals surface area contributed by atoms with Crippen LogP contribution in [0.1, 0.15) is 64.7 Å². The maximum absolute atomic E-state index is 12.9. The van der Waals surface area contributed by atoms with Crippen LogP contribution in [0.15, 0.2) is 12.2 Å². The molecule has 1 spiro atoms. The van der Waals surface area contributed by atoms with Gasteiger partial charge in [-0.25, -0.2) is 0 Å². The molecule has 2 saturated heterocycles. The topological polar surface area (TPSA) is 23.6 Å². The molecular formula is C19H32N2O. The molecule has 0 saturated carbocycles. The monoisotopic (exact) mass is 304 g/mol. The summed E-state index contributed by atoms with van der Waals surface area (Å²) in [6.07, 6.45) is 16.0. The van der Waals surface area contributed by atoms with Gasteiger partial charge in [0, 0.05) is 19.6 Å². The number of likely N-dealkylation sites (tertiary alicyclic amines) is 2. The van der Waals surface area contributed by atoms with Gasteiger partial charge < -0.3 is 4.90 Å². The number of hydrogen-bond donors (Lipinski definition) is 0. The van der Waals surface area contributed by atoms with E-state index in [9.17, 15) is 4.79 Å². The first kappa shape index (κ1) is 16.0. The normalized spacial score (nSPS) is 32.0. The summed E-state index contributed by atoms with van der Waals surface area (Å²) >= 11 is 0. The number of nitrogens with zero attached hydrogens (tertiary/aromatic N) is 2. The number of allylic oxidation sites excluding steroid dienone is 2. The zero-order chi connectivity index (χ0) is 15.4. The van der Waals surface area contributed by atoms with Gasteiger partial charge in [0.2, 0.25) is 5.91 Å². The van der Waals surface area contributed by atoms with Crippen LogP contribution in [-0.4, -0.2) is 47.9 Å². The number of carbonyl (C=O) groups is 1. The van der Waals surface area contributed by atoms with Gasteiger partial charge in [0.25, 0.3) is 0 Å². The molecule has 3 nitrogen and oxygen atoms in total. The summed E-state index contributed by atoms with van der Waals surface area (Å²) in [4.78, 5) is 17.5. The maximum atomic E-state index is 12.9. The van der Waals surface area contributed by atoms with Gasteiger partial charge in [-0.3, -0.25) is 9.69 Å². The van der Waals surface area contributed by atoms with E-state index in [-0.39, 0.29) is 6.04 Å². The molecule has 2 aliphatic heterocycles. The van der Waals surface area contributed by atoms with Crippen molar-refractivity contribution >= 4 is 5.91 Å². The second-order valence-corrected chi connectivity index (χ2v) is 7.70. The second-order valence-electron chi connectivity index (χ2n) is 7.70. The zero-order valence-corrected chi connectivity index (χ0v) is 14.2. The molecule has 2 heterocycles. The van der Waals surface area contributed by atoms with E-state index in [2.05, 4.69) is 28.9 Å². The van der Waals surface area contributed by atoms with E-state index in [0.717, 1.165) is 26.2 Å². The Bertz CT molecular complexity index is 412. The minimum absolute atomic E-state index is 0.0705. The lowest BCUT2D eigenvalue weighted by Crippen LogP contribution is -2.53. The summed E-state index contributed by atoms with van der Waals surface area (Å²) in [5.41, 5.74) is 0.459. The average molecular weight is 304 g/mol. The predicted octanol–water partition coefficient (Wildman–Crippen LogP) is 3.60. The van der Waals surface area contributed by atoms with E-state index < -0.39 is 0 Å². The molecule has 1 aliphatic carbocycles. The minimum Gasteiger partial charge on any atom is -0.341 e. The largest absolute Gasteiger partial charge is 0.341 e. The highest BCUT2D eigenvalue weighted by Gasteiger charge is 2.38. The summed E-state index contributed by atoms with van der Waals surface area (Å²) in [7, 11) is 0. The van der Waals surface area contributed by atoms with Crippen LogP contribution in [0.2, 0.25) is 0 Å². The Balaban J connectivity index is 1.62. The van der Waals surface area contributed by atoms with Crippen LogP contribution in [0.5, 0.6) is 0 Å². The van der Waals surface area contributed by atoms with Crippen LogP contribution < -0.4 is 0 Å². The standard InChI is InChI=1S/C19H32N2O/c1-17(18(22)20-13-7-2-3-8-14-20)21-15-9-12-19(16-21)10-5-4-6-11-19/h4-5,17H,2-3,6-16H2,1H3/t17-,19+/m1/s1. The predicted molar refractivity (Wildman–Crippen MR) is 90.7 cm³/mol. The molecule has 1 amide bonds. The van der Waals surface area contributed by atoms with E-state index >= 15 is 0 Å². The quantitative estimate of drug-likeness (QED) is 0.728. The Kier molecular flexibility index (Phi) is 5.22. The van der Waals surface area contributed by atoms with Gasteiger partial charge in [-0.15, -0.1) is 0 Å². The van der Waals surface area contributed by atoms with Gasteiger partial charge in [0.1, 0.15) is 0 Å². The third kappa shape index (κ3) is 3.56. The van der Waals surface area contributed by atoms with Crippen LogP contribution in [0.25, 0.3) is 0 Å². The lowest BCUT2D eigenvalue weighted by Gasteiger charge is -2.46. The summed E-state index contributed by atoms with van der Waals surface area (Å²) in [6.45, 7) is 6.32. The van der Waals surface area contributed by atoms with Gasteiger partial charge in [0.05, 0.1) is 6.04 Å². The SMILES string of the molecule is C[C@H](C(=O)N1CCCCCC1)N1CCC[C@@]2(CC=CCC2)C1. The van der Waals surface area contributed by atoms with Crippen LogP contribution >= 0.6 is 0 Å². The molecule has 3 rings (SSSR count).